The van der Waals surface area contributed by atoms with E-state index < -0.39 is 30.9 Å². The number of anilines is 1. The van der Waals surface area contributed by atoms with Crippen molar-refractivity contribution in [1.29, 1.82) is 0 Å². The molecule has 2 aromatic rings. The lowest BCUT2D eigenvalue weighted by atomic mass is 10.1. The molecule has 0 unspecified atom stereocenters. The zero-order valence-electron chi connectivity index (χ0n) is 13.8. The Morgan fingerprint density at radius 2 is 1.85 bits per heavy atom. The molecule has 136 valence electrons. The summed E-state index contributed by atoms with van der Waals surface area (Å²) in [6, 6.07) is 10.2. The molecule has 2 rings (SSSR count). The summed E-state index contributed by atoms with van der Waals surface area (Å²) in [5.74, 6) is -1.74. The fourth-order valence-electron chi connectivity index (χ4n) is 2.00. The number of nitrogens with one attached hydrogen (secondary N) is 1. The predicted molar refractivity (Wildman–Crippen MR) is 95.6 cm³/mol. The summed E-state index contributed by atoms with van der Waals surface area (Å²) in [7, 11) is 0. The number of hydrogen-bond acceptors (Lipinski definition) is 5. The standard InChI is InChI=1S/C18H15BrFNO5/c1-11(22)13-4-2-3-5-15(13)21-17(23)9-26-18(24)10-25-16-7-6-12(20)8-14(16)19/h2-8H,9-10H2,1H3,(H,21,23). The number of amides is 1. The number of esters is 1. The number of ether oxygens (including phenoxy) is 2. The molecule has 1 N–H and O–H groups in total. The number of Topliss-reactive ketones (excluding diaryl/α,β-unsaturated/α-hetero) is 1. The van der Waals surface area contributed by atoms with Crippen LogP contribution in [-0.4, -0.2) is 30.9 Å². The van der Waals surface area contributed by atoms with E-state index in [1.54, 1.807) is 24.3 Å². The minimum Gasteiger partial charge on any atom is -0.481 e. The van der Waals surface area contributed by atoms with Gasteiger partial charge in [-0.3, -0.25) is 9.59 Å². The van der Waals surface area contributed by atoms with Crippen molar-refractivity contribution in [2.24, 2.45) is 0 Å². The first kappa shape index (κ1) is 19.6. The number of hydrogen-bond donors (Lipinski definition) is 1. The van der Waals surface area contributed by atoms with E-state index >= 15 is 0 Å². The Kier molecular flexibility index (Phi) is 6.85. The quantitative estimate of drug-likeness (QED) is 0.545. The van der Waals surface area contributed by atoms with Crippen LogP contribution in [0.15, 0.2) is 46.9 Å². The largest absolute Gasteiger partial charge is 0.481 e. The summed E-state index contributed by atoms with van der Waals surface area (Å²) in [5.41, 5.74) is 0.698. The fourth-order valence-corrected chi connectivity index (χ4v) is 2.47. The van der Waals surface area contributed by atoms with E-state index in [9.17, 15) is 18.8 Å². The van der Waals surface area contributed by atoms with E-state index in [4.69, 9.17) is 9.47 Å². The second kappa shape index (κ2) is 9.10. The summed E-state index contributed by atoms with van der Waals surface area (Å²) in [6.45, 7) is 0.413. The van der Waals surface area contributed by atoms with Gasteiger partial charge in [-0.2, -0.15) is 0 Å². The van der Waals surface area contributed by atoms with Gasteiger partial charge in [-0.1, -0.05) is 12.1 Å². The van der Waals surface area contributed by atoms with E-state index in [1.807, 2.05) is 0 Å². The van der Waals surface area contributed by atoms with Gasteiger partial charge in [0.15, 0.2) is 19.0 Å². The molecule has 2 aromatic carbocycles. The average Bonchev–Trinajstić information content (AvgIpc) is 2.59. The van der Waals surface area contributed by atoms with Crippen molar-refractivity contribution in [3.8, 4) is 5.75 Å². The first-order valence-corrected chi connectivity index (χ1v) is 8.29. The van der Waals surface area contributed by atoms with Crippen molar-refractivity contribution >= 4 is 39.3 Å². The Morgan fingerprint density at radius 1 is 1.12 bits per heavy atom. The number of para-hydroxylation sites is 1. The van der Waals surface area contributed by atoms with Gasteiger partial charge in [0.2, 0.25) is 0 Å². The highest BCUT2D eigenvalue weighted by molar-refractivity contribution is 9.10. The number of carbonyl (C=O) groups excluding carboxylic acids is 3. The molecule has 0 atom stereocenters. The van der Waals surface area contributed by atoms with E-state index in [2.05, 4.69) is 21.2 Å². The van der Waals surface area contributed by atoms with Crippen molar-refractivity contribution in [2.45, 2.75) is 6.92 Å². The second-order valence-corrected chi connectivity index (χ2v) is 6.03. The van der Waals surface area contributed by atoms with E-state index in [-0.39, 0.29) is 11.5 Å². The monoisotopic (exact) mass is 423 g/mol. The van der Waals surface area contributed by atoms with Crippen LogP contribution in [0.2, 0.25) is 0 Å². The van der Waals surface area contributed by atoms with Gasteiger partial charge < -0.3 is 14.8 Å². The third kappa shape index (κ3) is 5.66. The van der Waals surface area contributed by atoms with Gasteiger partial charge in [0, 0.05) is 5.56 Å². The molecule has 0 fully saturated rings. The first-order valence-electron chi connectivity index (χ1n) is 7.50. The highest BCUT2D eigenvalue weighted by Gasteiger charge is 2.13. The average molecular weight is 424 g/mol. The maximum absolute atomic E-state index is 13.0. The Hall–Kier alpha value is -2.74. The fraction of sp³-hybridized carbons (Fsp3) is 0.167. The Bertz CT molecular complexity index is 840. The molecule has 26 heavy (non-hydrogen) atoms. The van der Waals surface area contributed by atoms with Crippen LogP contribution in [0.5, 0.6) is 5.75 Å². The highest BCUT2D eigenvalue weighted by Crippen LogP contribution is 2.25. The van der Waals surface area contributed by atoms with Crippen LogP contribution in [0, 0.1) is 5.82 Å². The van der Waals surface area contributed by atoms with Crippen molar-refractivity contribution < 1.29 is 28.2 Å². The smallest absolute Gasteiger partial charge is 0.344 e. The van der Waals surface area contributed by atoms with E-state index in [0.29, 0.717) is 15.7 Å². The van der Waals surface area contributed by atoms with E-state index in [0.717, 1.165) is 0 Å². The molecule has 0 heterocycles. The Balaban J connectivity index is 1.82. The summed E-state index contributed by atoms with van der Waals surface area (Å²) < 4.78 is 23.3. The molecule has 0 spiro atoms. The van der Waals surface area contributed by atoms with Gasteiger partial charge in [-0.15, -0.1) is 0 Å². The first-order chi connectivity index (χ1) is 12.4. The molecule has 0 aliphatic heterocycles. The molecule has 1 amide bonds. The second-order valence-electron chi connectivity index (χ2n) is 5.17. The van der Waals surface area contributed by atoms with Gasteiger partial charge in [0.25, 0.3) is 5.91 Å². The van der Waals surface area contributed by atoms with Crippen LogP contribution in [0.25, 0.3) is 0 Å². The van der Waals surface area contributed by atoms with Crippen molar-refractivity contribution in [1.82, 2.24) is 0 Å². The predicted octanol–water partition coefficient (Wildman–Crippen LogP) is 3.35. The number of rotatable bonds is 7. The molecule has 0 aliphatic rings. The third-order valence-electron chi connectivity index (χ3n) is 3.18. The maximum Gasteiger partial charge on any atom is 0.344 e. The minimum absolute atomic E-state index is 0.198. The number of ketones is 1. The highest BCUT2D eigenvalue weighted by atomic mass is 79.9. The number of benzene rings is 2. The van der Waals surface area contributed by atoms with Gasteiger partial charge >= 0.3 is 5.97 Å². The molecule has 0 aromatic heterocycles. The number of carbonyl (C=O) groups is 3. The molecule has 0 aliphatic carbocycles. The molecule has 8 heteroatoms. The van der Waals surface area contributed by atoms with Gasteiger partial charge in [-0.05, 0) is 53.2 Å². The summed E-state index contributed by atoms with van der Waals surface area (Å²) >= 11 is 3.11. The van der Waals surface area contributed by atoms with Crippen molar-refractivity contribution in [2.75, 3.05) is 18.5 Å². The molecular formula is C18H15BrFNO5. The molecule has 6 nitrogen and oxygen atoms in total. The molecule has 0 radical (unpaired) electrons. The van der Waals surface area contributed by atoms with Crippen molar-refractivity contribution in [3.05, 3.63) is 58.3 Å². The summed E-state index contributed by atoms with van der Waals surface area (Å²) in [5, 5.41) is 2.51. The van der Waals surface area contributed by atoms with Crippen LogP contribution < -0.4 is 10.1 Å². The molecule has 0 saturated carbocycles. The van der Waals surface area contributed by atoms with Crippen LogP contribution >= 0.6 is 15.9 Å². The summed E-state index contributed by atoms with van der Waals surface area (Å²) in [6.07, 6.45) is 0. The van der Waals surface area contributed by atoms with Gasteiger partial charge in [0.1, 0.15) is 11.6 Å². The zero-order valence-corrected chi connectivity index (χ0v) is 15.3. The SMILES string of the molecule is CC(=O)c1ccccc1NC(=O)COC(=O)COc1ccc(F)cc1Br. The summed E-state index contributed by atoms with van der Waals surface area (Å²) in [4.78, 5) is 35.0. The van der Waals surface area contributed by atoms with Crippen LogP contribution in [-0.2, 0) is 14.3 Å². The lowest BCUT2D eigenvalue weighted by Crippen LogP contribution is -2.24. The molecule has 0 bridgehead atoms. The lowest BCUT2D eigenvalue weighted by Gasteiger charge is -2.10. The maximum atomic E-state index is 13.0. The molecule has 0 saturated heterocycles. The topological polar surface area (TPSA) is 81.7 Å². The van der Waals surface area contributed by atoms with Gasteiger partial charge in [-0.25, -0.2) is 9.18 Å². The number of halogens is 2. The van der Waals surface area contributed by atoms with Crippen LogP contribution in [0.3, 0.4) is 0 Å². The zero-order chi connectivity index (χ0) is 19.1. The molecular weight excluding hydrogens is 409 g/mol. The minimum atomic E-state index is -0.767. The van der Waals surface area contributed by atoms with E-state index in [1.165, 1.54) is 25.1 Å². The van der Waals surface area contributed by atoms with Crippen molar-refractivity contribution in [3.63, 3.8) is 0 Å². The van der Waals surface area contributed by atoms with Crippen LogP contribution in [0.1, 0.15) is 17.3 Å². The lowest BCUT2D eigenvalue weighted by molar-refractivity contribution is -0.149. The Morgan fingerprint density at radius 3 is 2.54 bits per heavy atom. The normalized spacial score (nSPS) is 10.1. The van der Waals surface area contributed by atoms with Crippen LogP contribution in [0.4, 0.5) is 10.1 Å². The third-order valence-corrected chi connectivity index (χ3v) is 3.80. The Labute approximate surface area is 157 Å². The van der Waals surface area contributed by atoms with Gasteiger partial charge in [0.05, 0.1) is 10.2 Å².